The second-order valence-electron chi connectivity index (χ2n) is 7.36. The van der Waals surface area contributed by atoms with Gasteiger partial charge in [0.05, 0.1) is 5.60 Å². The fraction of sp³-hybridized carbons (Fsp3) is 0.450. The molecule has 4 nitrogen and oxygen atoms in total. The molecule has 0 saturated carbocycles. The number of fused-ring (bicyclic) bond motifs is 1. The van der Waals surface area contributed by atoms with Crippen LogP contribution in [0.25, 0.3) is 0 Å². The predicted octanol–water partition coefficient (Wildman–Crippen LogP) is 3.69. The lowest BCUT2D eigenvalue weighted by molar-refractivity contribution is 0.0632. The average Bonchev–Trinajstić information content (AvgIpc) is 2.47. The Morgan fingerprint density at radius 2 is 1.83 bits per heavy atom. The summed E-state index contributed by atoms with van der Waals surface area (Å²) in [5.74, 6) is -0.737. The third kappa shape index (κ3) is 3.54. The maximum atomic E-state index is 12.7. The van der Waals surface area contributed by atoms with E-state index in [0.29, 0.717) is 28.7 Å². The van der Waals surface area contributed by atoms with Crippen molar-refractivity contribution in [3.8, 4) is 0 Å². The van der Waals surface area contributed by atoms with Crippen LogP contribution in [0, 0.1) is 12.8 Å². The molecule has 0 fully saturated rings. The molecule has 1 aliphatic rings. The van der Waals surface area contributed by atoms with Crippen LogP contribution in [0.5, 0.6) is 0 Å². The number of allylic oxidation sites excluding steroid dienone is 2. The van der Waals surface area contributed by atoms with E-state index in [1.807, 2.05) is 13.8 Å². The molecule has 0 unspecified atom stereocenters. The van der Waals surface area contributed by atoms with Gasteiger partial charge in [0.15, 0.2) is 17.3 Å². The summed E-state index contributed by atoms with van der Waals surface area (Å²) in [6, 6.07) is 3.34. The van der Waals surface area contributed by atoms with E-state index in [4.69, 9.17) is 0 Å². The molecular weight excluding hydrogens is 304 g/mol. The highest BCUT2D eigenvalue weighted by molar-refractivity contribution is 6.27. The topological polar surface area (TPSA) is 71.4 Å². The minimum absolute atomic E-state index is 0.0507. The van der Waals surface area contributed by atoms with E-state index in [2.05, 4.69) is 0 Å². The summed E-state index contributed by atoms with van der Waals surface area (Å²) >= 11 is 0. The Labute approximate surface area is 142 Å². The Morgan fingerprint density at radius 3 is 2.38 bits per heavy atom. The summed E-state index contributed by atoms with van der Waals surface area (Å²) in [5.41, 5.74) is 1.04. The molecule has 4 heteroatoms. The van der Waals surface area contributed by atoms with Crippen molar-refractivity contribution in [1.82, 2.24) is 0 Å². The van der Waals surface area contributed by atoms with Crippen molar-refractivity contribution in [1.29, 1.82) is 0 Å². The fourth-order valence-corrected chi connectivity index (χ4v) is 2.92. The van der Waals surface area contributed by atoms with Gasteiger partial charge in [0, 0.05) is 28.7 Å². The van der Waals surface area contributed by atoms with Crippen molar-refractivity contribution in [3.63, 3.8) is 0 Å². The van der Waals surface area contributed by atoms with Crippen molar-refractivity contribution in [2.45, 2.75) is 53.1 Å². The molecule has 1 aliphatic carbocycles. The van der Waals surface area contributed by atoms with Crippen molar-refractivity contribution >= 4 is 17.3 Å². The molecule has 0 aliphatic heterocycles. The molecule has 0 spiro atoms. The van der Waals surface area contributed by atoms with Gasteiger partial charge in [-0.2, -0.15) is 0 Å². The van der Waals surface area contributed by atoms with Crippen LogP contribution in [0.15, 0.2) is 23.8 Å². The first-order valence-electron chi connectivity index (χ1n) is 8.22. The van der Waals surface area contributed by atoms with Crippen LogP contribution in [-0.2, 0) is 0 Å². The number of aryl methyl sites for hydroxylation is 1. The van der Waals surface area contributed by atoms with E-state index in [0.717, 1.165) is 0 Å². The minimum atomic E-state index is -0.955. The number of Topliss-reactive ketones (excluding diaryl/α,β-unsaturated/α-hetero) is 2. The van der Waals surface area contributed by atoms with Crippen LogP contribution in [0.3, 0.4) is 0 Å². The molecule has 0 atom stereocenters. The van der Waals surface area contributed by atoms with E-state index in [9.17, 15) is 19.5 Å². The van der Waals surface area contributed by atoms with Crippen molar-refractivity contribution in [2.24, 2.45) is 5.92 Å². The van der Waals surface area contributed by atoms with Gasteiger partial charge in [0.2, 0.25) is 0 Å². The average molecular weight is 328 g/mol. The molecule has 1 aromatic carbocycles. The van der Waals surface area contributed by atoms with Gasteiger partial charge >= 0.3 is 0 Å². The molecule has 24 heavy (non-hydrogen) atoms. The Kier molecular flexibility index (Phi) is 4.90. The first kappa shape index (κ1) is 18.3. The zero-order valence-corrected chi connectivity index (χ0v) is 14.9. The quantitative estimate of drug-likeness (QED) is 0.837. The molecular formula is C20H24O4. The van der Waals surface area contributed by atoms with Crippen molar-refractivity contribution in [3.05, 3.63) is 46.0 Å². The van der Waals surface area contributed by atoms with Crippen LogP contribution < -0.4 is 0 Å². The number of rotatable bonds is 5. The maximum Gasteiger partial charge on any atom is 0.190 e. The highest BCUT2D eigenvalue weighted by Crippen LogP contribution is 2.30. The van der Waals surface area contributed by atoms with Gasteiger partial charge < -0.3 is 5.11 Å². The van der Waals surface area contributed by atoms with Gasteiger partial charge in [0.25, 0.3) is 0 Å². The van der Waals surface area contributed by atoms with E-state index in [1.165, 1.54) is 6.08 Å². The normalized spacial score (nSPS) is 14.7. The minimum Gasteiger partial charge on any atom is -0.390 e. The molecule has 0 radical (unpaired) electrons. The number of carbonyl (C=O) groups excluding carboxylic acids is 3. The highest BCUT2D eigenvalue weighted by Gasteiger charge is 2.31. The van der Waals surface area contributed by atoms with E-state index in [-0.39, 0.29) is 35.3 Å². The summed E-state index contributed by atoms with van der Waals surface area (Å²) in [5, 5.41) is 9.83. The molecule has 0 bridgehead atoms. The standard InChI is InChI=1S/C20H24O4/c1-11(2)14-10-16(22)18-13(19(14)23)7-6-12(3)17(18)15(21)8-9-20(4,5)24/h6-7,10-11,24H,8-9H2,1-5H3. The van der Waals surface area contributed by atoms with E-state index >= 15 is 0 Å². The highest BCUT2D eigenvalue weighted by atomic mass is 16.3. The van der Waals surface area contributed by atoms with Crippen LogP contribution in [-0.4, -0.2) is 28.1 Å². The molecule has 2 rings (SSSR count). The Hall–Kier alpha value is -2.07. The van der Waals surface area contributed by atoms with Crippen LogP contribution in [0.2, 0.25) is 0 Å². The number of ketones is 3. The van der Waals surface area contributed by atoms with Gasteiger partial charge in [-0.3, -0.25) is 14.4 Å². The third-order valence-electron chi connectivity index (χ3n) is 4.32. The third-order valence-corrected chi connectivity index (χ3v) is 4.32. The molecule has 1 aromatic rings. The fourth-order valence-electron chi connectivity index (χ4n) is 2.92. The second-order valence-corrected chi connectivity index (χ2v) is 7.36. The molecule has 0 saturated heterocycles. The van der Waals surface area contributed by atoms with Gasteiger partial charge in [-0.1, -0.05) is 19.9 Å². The molecule has 0 amide bonds. The smallest absolute Gasteiger partial charge is 0.190 e. The van der Waals surface area contributed by atoms with Crippen LogP contribution in [0.4, 0.5) is 0 Å². The Morgan fingerprint density at radius 1 is 1.21 bits per heavy atom. The van der Waals surface area contributed by atoms with Gasteiger partial charge in [0.1, 0.15) is 0 Å². The number of hydrogen-bond acceptors (Lipinski definition) is 4. The summed E-state index contributed by atoms with van der Waals surface area (Å²) in [6.07, 6.45) is 1.79. The zero-order valence-electron chi connectivity index (χ0n) is 14.9. The monoisotopic (exact) mass is 328 g/mol. The van der Waals surface area contributed by atoms with Gasteiger partial charge in [-0.15, -0.1) is 0 Å². The molecule has 0 heterocycles. The number of hydrogen-bond donors (Lipinski definition) is 1. The number of carbonyl (C=O) groups is 3. The summed E-state index contributed by atoms with van der Waals surface area (Å²) in [7, 11) is 0. The van der Waals surface area contributed by atoms with Crippen LogP contribution >= 0.6 is 0 Å². The zero-order chi connectivity index (χ0) is 18.2. The number of benzene rings is 1. The Bertz CT molecular complexity index is 746. The summed E-state index contributed by atoms with van der Waals surface area (Å²) < 4.78 is 0. The lowest BCUT2D eigenvalue weighted by Crippen LogP contribution is -2.25. The SMILES string of the molecule is Cc1ccc2c(c1C(=O)CCC(C)(C)O)C(=O)C=C(C(C)C)C2=O. The predicted molar refractivity (Wildman–Crippen MR) is 92.6 cm³/mol. The van der Waals surface area contributed by atoms with Crippen molar-refractivity contribution in [2.75, 3.05) is 0 Å². The Balaban J connectivity index is 2.51. The van der Waals surface area contributed by atoms with E-state index < -0.39 is 5.60 Å². The summed E-state index contributed by atoms with van der Waals surface area (Å²) in [6.45, 7) is 8.77. The van der Waals surface area contributed by atoms with Crippen molar-refractivity contribution < 1.29 is 19.5 Å². The molecule has 128 valence electrons. The number of aliphatic hydroxyl groups is 1. The van der Waals surface area contributed by atoms with Gasteiger partial charge in [-0.05, 0) is 50.8 Å². The molecule has 0 aromatic heterocycles. The lowest BCUT2D eigenvalue weighted by atomic mass is 9.80. The maximum absolute atomic E-state index is 12.7. The second kappa shape index (κ2) is 6.44. The van der Waals surface area contributed by atoms with Gasteiger partial charge in [-0.25, -0.2) is 0 Å². The first-order chi connectivity index (χ1) is 11.0. The van der Waals surface area contributed by atoms with Crippen LogP contribution in [0.1, 0.15) is 77.2 Å². The molecule has 1 N–H and O–H groups in total. The first-order valence-corrected chi connectivity index (χ1v) is 8.22. The lowest BCUT2D eigenvalue weighted by Gasteiger charge is -2.22. The largest absolute Gasteiger partial charge is 0.390 e. The summed E-state index contributed by atoms with van der Waals surface area (Å²) in [4.78, 5) is 37.9. The van der Waals surface area contributed by atoms with E-state index in [1.54, 1.807) is 32.9 Å².